The predicted molar refractivity (Wildman–Crippen MR) is 159 cm³/mol. The molecule has 0 saturated carbocycles. The van der Waals surface area contributed by atoms with E-state index in [1.165, 1.54) is 6.07 Å². The molecule has 0 aliphatic carbocycles. The molecule has 0 aromatic heterocycles. The van der Waals surface area contributed by atoms with Gasteiger partial charge in [-0.3, -0.25) is 0 Å². The fourth-order valence-corrected chi connectivity index (χ4v) is 6.58. The van der Waals surface area contributed by atoms with Crippen LogP contribution in [0.5, 0.6) is 23.0 Å². The summed E-state index contributed by atoms with van der Waals surface area (Å²) in [4.78, 5) is 11.1. The fraction of sp³-hybridized carbons (Fsp3) is 0.406. The first-order valence-electron chi connectivity index (χ1n) is 14.5. The highest BCUT2D eigenvalue weighted by Gasteiger charge is 2.38. The Hall–Kier alpha value is -3.76. The Balaban J connectivity index is 1.35. The second kappa shape index (κ2) is 14.9. The number of rotatable bonds is 15. The smallest absolute Gasteiger partial charge is 0.493 e. The highest BCUT2D eigenvalue weighted by Crippen LogP contribution is 2.31. The van der Waals surface area contributed by atoms with E-state index in [0.29, 0.717) is 44.6 Å². The maximum absolute atomic E-state index is 13.3. The Kier molecular flexibility index (Phi) is 11.1. The number of para-hydroxylation sites is 1. The molecule has 1 N–H and O–H groups in total. The zero-order valence-electron chi connectivity index (χ0n) is 24.2. The summed E-state index contributed by atoms with van der Waals surface area (Å²) in [6.45, 7) is 5.22. The molecule has 42 heavy (non-hydrogen) atoms. The molecule has 3 aromatic carbocycles. The van der Waals surface area contributed by atoms with E-state index in [-0.39, 0.29) is 11.4 Å². The lowest BCUT2D eigenvalue weighted by Crippen LogP contribution is -2.38. The number of carbonyl (C=O) groups is 1. The molecule has 1 fully saturated rings. The molecule has 4 rings (SSSR count). The molecule has 1 atom stereocenters. The largest absolute Gasteiger partial charge is 0.507 e. The summed E-state index contributed by atoms with van der Waals surface area (Å²) in [6.07, 6.45) is 2.31. The van der Waals surface area contributed by atoms with Crippen molar-refractivity contribution in [2.75, 3.05) is 19.8 Å². The van der Waals surface area contributed by atoms with Gasteiger partial charge < -0.3 is 24.1 Å². The average molecular weight is 598 g/mol. The maximum Gasteiger partial charge on any atom is 0.507 e. The van der Waals surface area contributed by atoms with Crippen molar-refractivity contribution in [3.63, 3.8) is 0 Å². The van der Waals surface area contributed by atoms with E-state index in [0.717, 1.165) is 51.9 Å². The van der Waals surface area contributed by atoms with Crippen molar-refractivity contribution in [1.82, 2.24) is 4.31 Å². The number of sulfonamides is 1. The van der Waals surface area contributed by atoms with Gasteiger partial charge >= 0.3 is 6.16 Å². The quantitative estimate of drug-likeness (QED) is 0.147. The molecule has 226 valence electrons. The normalized spacial score (nSPS) is 15.3. The van der Waals surface area contributed by atoms with Crippen LogP contribution < -0.4 is 14.2 Å². The summed E-state index contributed by atoms with van der Waals surface area (Å²) < 4.78 is 50.7. The SMILES string of the molecule is CCCc1cc(Oc2ccccc2)ccc1OCCCOc1ccc(S(=O)(=O)N2CCC[C@H]2OC(=O)O)cc1CCC. The van der Waals surface area contributed by atoms with Crippen molar-refractivity contribution in [3.05, 3.63) is 77.9 Å². The van der Waals surface area contributed by atoms with Crippen LogP contribution >= 0.6 is 0 Å². The number of nitrogens with zero attached hydrogens (tertiary/aromatic N) is 1. The van der Waals surface area contributed by atoms with Crippen LogP contribution in [0.4, 0.5) is 4.79 Å². The average Bonchev–Trinajstić information content (AvgIpc) is 3.44. The lowest BCUT2D eigenvalue weighted by molar-refractivity contribution is 0.0170. The topological polar surface area (TPSA) is 112 Å². The monoisotopic (exact) mass is 597 g/mol. The number of hydrogen-bond donors (Lipinski definition) is 1. The van der Waals surface area contributed by atoms with Gasteiger partial charge in [0.1, 0.15) is 23.0 Å². The molecule has 0 amide bonds. The van der Waals surface area contributed by atoms with Crippen LogP contribution in [0.25, 0.3) is 0 Å². The third kappa shape index (κ3) is 8.17. The van der Waals surface area contributed by atoms with Gasteiger partial charge in [-0.05, 0) is 78.9 Å². The van der Waals surface area contributed by atoms with Crippen LogP contribution in [-0.4, -0.2) is 50.0 Å². The molecule has 10 heteroatoms. The molecular weight excluding hydrogens is 558 g/mol. The lowest BCUT2D eigenvalue weighted by atomic mass is 10.1. The Bertz CT molecular complexity index is 1430. The molecule has 1 saturated heterocycles. The molecule has 9 nitrogen and oxygen atoms in total. The van der Waals surface area contributed by atoms with Gasteiger partial charge in [-0.25, -0.2) is 13.2 Å². The molecular formula is C32H39NO8S. The van der Waals surface area contributed by atoms with Crippen molar-refractivity contribution >= 4 is 16.2 Å². The maximum atomic E-state index is 13.3. The summed E-state index contributed by atoms with van der Waals surface area (Å²) in [5, 5.41) is 8.99. The van der Waals surface area contributed by atoms with Gasteiger partial charge in [0.2, 0.25) is 10.0 Å². The van der Waals surface area contributed by atoms with Gasteiger partial charge in [-0.15, -0.1) is 0 Å². The minimum absolute atomic E-state index is 0.102. The Morgan fingerprint density at radius 3 is 2.17 bits per heavy atom. The van der Waals surface area contributed by atoms with Crippen molar-refractivity contribution in [2.45, 2.75) is 69.9 Å². The van der Waals surface area contributed by atoms with Gasteiger partial charge in [-0.2, -0.15) is 4.31 Å². The van der Waals surface area contributed by atoms with Gasteiger partial charge in [0, 0.05) is 19.4 Å². The molecule has 0 spiro atoms. The minimum atomic E-state index is -3.92. The zero-order chi connectivity index (χ0) is 30.0. The lowest BCUT2D eigenvalue weighted by Gasteiger charge is -2.23. The number of carboxylic acid groups (broad SMARTS) is 1. The van der Waals surface area contributed by atoms with Crippen molar-refractivity contribution < 1.29 is 37.3 Å². The fourth-order valence-electron chi connectivity index (χ4n) is 4.95. The molecule has 1 aliphatic rings. The third-order valence-corrected chi connectivity index (χ3v) is 8.76. The van der Waals surface area contributed by atoms with E-state index < -0.39 is 22.4 Å². The second-order valence-electron chi connectivity index (χ2n) is 10.1. The highest BCUT2D eigenvalue weighted by molar-refractivity contribution is 7.89. The van der Waals surface area contributed by atoms with Gasteiger partial charge in [0.15, 0.2) is 6.23 Å². The van der Waals surface area contributed by atoms with Gasteiger partial charge in [-0.1, -0.05) is 44.9 Å². The predicted octanol–water partition coefficient (Wildman–Crippen LogP) is 7.04. The van der Waals surface area contributed by atoms with Crippen molar-refractivity contribution in [1.29, 1.82) is 0 Å². The van der Waals surface area contributed by atoms with Crippen LogP contribution in [0.3, 0.4) is 0 Å². The van der Waals surface area contributed by atoms with Gasteiger partial charge in [0.25, 0.3) is 0 Å². The molecule has 0 unspecified atom stereocenters. The molecule has 3 aromatic rings. The van der Waals surface area contributed by atoms with E-state index in [1.807, 2.05) is 55.5 Å². The first kappa shape index (κ1) is 31.2. The first-order chi connectivity index (χ1) is 20.3. The van der Waals surface area contributed by atoms with E-state index in [2.05, 4.69) is 6.92 Å². The Morgan fingerprint density at radius 1 is 0.881 bits per heavy atom. The van der Waals surface area contributed by atoms with Gasteiger partial charge in [0.05, 0.1) is 18.1 Å². The van der Waals surface area contributed by atoms with Crippen LogP contribution in [0, 0.1) is 0 Å². The summed E-state index contributed by atoms with van der Waals surface area (Å²) in [6, 6.07) is 20.3. The van der Waals surface area contributed by atoms with Crippen LogP contribution in [0.15, 0.2) is 71.6 Å². The molecule has 0 radical (unpaired) electrons. The third-order valence-electron chi connectivity index (χ3n) is 6.88. The summed E-state index contributed by atoms with van der Waals surface area (Å²) in [7, 11) is -3.92. The van der Waals surface area contributed by atoms with E-state index >= 15 is 0 Å². The molecule has 1 aliphatic heterocycles. The Morgan fingerprint density at radius 2 is 1.52 bits per heavy atom. The van der Waals surface area contributed by atoms with Crippen LogP contribution in [0.2, 0.25) is 0 Å². The first-order valence-corrected chi connectivity index (χ1v) is 15.9. The number of ether oxygens (including phenoxy) is 4. The zero-order valence-corrected chi connectivity index (χ0v) is 25.0. The van der Waals surface area contributed by atoms with E-state index in [4.69, 9.17) is 24.1 Å². The van der Waals surface area contributed by atoms with Crippen LogP contribution in [0.1, 0.15) is 57.1 Å². The number of benzene rings is 3. The number of hydrogen-bond acceptors (Lipinski definition) is 7. The minimum Gasteiger partial charge on any atom is -0.493 e. The molecule has 1 heterocycles. The molecule has 0 bridgehead atoms. The summed E-state index contributed by atoms with van der Waals surface area (Å²) in [5.74, 6) is 3.01. The van der Waals surface area contributed by atoms with E-state index in [1.54, 1.807) is 12.1 Å². The summed E-state index contributed by atoms with van der Waals surface area (Å²) >= 11 is 0. The second-order valence-corrected chi connectivity index (χ2v) is 12.0. The van der Waals surface area contributed by atoms with Crippen LogP contribution in [-0.2, 0) is 27.6 Å². The van der Waals surface area contributed by atoms with Crippen molar-refractivity contribution in [3.8, 4) is 23.0 Å². The Labute approximate surface area is 248 Å². The van der Waals surface area contributed by atoms with Crippen molar-refractivity contribution in [2.24, 2.45) is 0 Å². The van der Waals surface area contributed by atoms with E-state index in [9.17, 15) is 13.2 Å². The summed E-state index contributed by atoms with van der Waals surface area (Å²) in [5.41, 5.74) is 1.87. The number of aryl methyl sites for hydroxylation is 2. The standard InChI is InChI=1S/C32H39NO8S/c1-3-10-24-22-27(40-26-12-6-5-7-13-26)15-17-29(24)38-20-9-21-39-30-18-16-28(23-25(30)11-4-2)42(36,37)33-19-8-14-31(33)41-32(34)35/h5-7,12-13,15-18,22-23,31H,3-4,8-11,14,19-21H2,1-2H3,(H,34,35)/t31-/m1/s1. The highest BCUT2D eigenvalue weighted by atomic mass is 32.2.